The Kier molecular flexibility index (Phi) is 3.12. The van der Waals surface area contributed by atoms with E-state index in [1.54, 1.807) is 0 Å². The van der Waals surface area contributed by atoms with Crippen LogP contribution >= 0.6 is 0 Å². The Morgan fingerprint density at radius 2 is 2.07 bits per heavy atom. The minimum Gasteiger partial charge on any atom is -0.393 e. The summed E-state index contributed by atoms with van der Waals surface area (Å²) >= 11 is 0. The molecule has 1 N–H and O–H groups in total. The number of aliphatic hydroxyl groups is 1. The van der Waals surface area contributed by atoms with Gasteiger partial charge in [0.25, 0.3) is 0 Å². The summed E-state index contributed by atoms with van der Waals surface area (Å²) in [5, 5.41) is 10.1. The Labute approximate surface area is 94.3 Å². The first-order valence-corrected chi connectivity index (χ1v) is 6.77. The van der Waals surface area contributed by atoms with Gasteiger partial charge >= 0.3 is 0 Å². The summed E-state index contributed by atoms with van der Waals surface area (Å²) in [5.41, 5.74) is 0.451. The van der Waals surface area contributed by atoms with Crippen LogP contribution in [-0.4, -0.2) is 11.2 Å². The largest absolute Gasteiger partial charge is 0.393 e. The van der Waals surface area contributed by atoms with E-state index < -0.39 is 0 Å². The molecule has 15 heavy (non-hydrogen) atoms. The highest BCUT2D eigenvalue weighted by molar-refractivity contribution is 5.01. The molecule has 2 rings (SSSR count). The molecule has 5 atom stereocenters. The van der Waals surface area contributed by atoms with Crippen LogP contribution in [0.15, 0.2) is 0 Å². The zero-order valence-corrected chi connectivity index (χ0v) is 10.5. The lowest BCUT2D eigenvalue weighted by Crippen LogP contribution is -2.41. The van der Waals surface area contributed by atoms with Crippen molar-refractivity contribution in [2.45, 2.75) is 65.4 Å². The first-order valence-electron chi connectivity index (χ1n) is 6.77. The van der Waals surface area contributed by atoms with E-state index in [9.17, 15) is 5.11 Å². The quantitative estimate of drug-likeness (QED) is 0.738. The van der Waals surface area contributed by atoms with Crippen molar-refractivity contribution < 1.29 is 5.11 Å². The van der Waals surface area contributed by atoms with Gasteiger partial charge in [-0.05, 0) is 48.9 Å². The lowest BCUT2D eigenvalue weighted by atomic mass is 9.61. The summed E-state index contributed by atoms with van der Waals surface area (Å²) < 4.78 is 0. The summed E-state index contributed by atoms with van der Waals surface area (Å²) in [7, 11) is 0. The fourth-order valence-corrected chi connectivity index (χ4v) is 4.41. The van der Waals surface area contributed by atoms with E-state index in [1.165, 1.54) is 32.1 Å². The molecule has 2 saturated carbocycles. The van der Waals surface area contributed by atoms with Gasteiger partial charge in [-0.25, -0.2) is 0 Å². The highest BCUT2D eigenvalue weighted by Crippen LogP contribution is 2.57. The van der Waals surface area contributed by atoms with E-state index >= 15 is 0 Å². The topological polar surface area (TPSA) is 20.2 Å². The van der Waals surface area contributed by atoms with Gasteiger partial charge in [-0.1, -0.05) is 33.6 Å². The van der Waals surface area contributed by atoms with Crippen molar-refractivity contribution in [3.63, 3.8) is 0 Å². The van der Waals surface area contributed by atoms with Crippen molar-refractivity contribution in [2.24, 2.45) is 23.2 Å². The van der Waals surface area contributed by atoms with E-state index in [2.05, 4.69) is 20.8 Å². The van der Waals surface area contributed by atoms with Gasteiger partial charge in [0.2, 0.25) is 0 Å². The summed E-state index contributed by atoms with van der Waals surface area (Å²) in [4.78, 5) is 0. The van der Waals surface area contributed by atoms with Crippen molar-refractivity contribution >= 4 is 0 Å². The molecular formula is C14H26O. The van der Waals surface area contributed by atoms with Crippen LogP contribution in [0.25, 0.3) is 0 Å². The third-order valence-electron chi connectivity index (χ3n) is 5.49. The highest BCUT2D eigenvalue weighted by atomic mass is 16.3. The Morgan fingerprint density at radius 3 is 2.73 bits per heavy atom. The molecule has 0 aromatic carbocycles. The molecule has 0 bridgehead atoms. The number of hydrogen-bond donors (Lipinski definition) is 1. The smallest absolute Gasteiger partial charge is 0.0573 e. The second-order valence-electron chi connectivity index (χ2n) is 6.14. The number of aliphatic hydroxyl groups excluding tert-OH is 1. The van der Waals surface area contributed by atoms with Crippen molar-refractivity contribution in [1.29, 1.82) is 0 Å². The molecule has 0 heterocycles. The second kappa shape index (κ2) is 4.08. The van der Waals surface area contributed by atoms with E-state index in [0.717, 1.165) is 18.3 Å². The average Bonchev–Trinajstić information content (AvgIpc) is 2.56. The molecule has 2 aliphatic carbocycles. The normalized spacial score (nSPS) is 47.6. The van der Waals surface area contributed by atoms with Crippen molar-refractivity contribution in [3.05, 3.63) is 0 Å². The zero-order chi connectivity index (χ0) is 11.1. The van der Waals surface area contributed by atoms with E-state index in [0.29, 0.717) is 11.3 Å². The summed E-state index contributed by atoms with van der Waals surface area (Å²) in [6.07, 6.45) is 7.55. The van der Waals surface area contributed by atoms with Gasteiger partial charge < -0.3 is 5.11 Å². The minimum atomic E-state index is -0.00203. The van der Waals surface area contributed by atoms with Crippen LogP contribution in [0, 0.1) is 23.2 Å². The highest BCUT2D eigenvalue weighted by Gasteiger charge is 2.51. The molecule has 0 radical (unpaired) electrons. The Bertz CT molecular complexity index is 225. The number of hydrogen-bond acceptors (Lipinski definition) is 1. The molecule has 1 heteroatoms. The molecule has 88 valence electrons. The summed E-state index contributed by atoms with van der Waals surface area (Å²) in [6, 6.07) is 0. The van der Waals surface area contributed by atoms with Gasteiger partial charge in [-0.3, -0.25) is 0 Å². The maximum Gasteiger partial charge on any atom is 0.0573 e. The van der Waals surface area contributed by atoms with Gasteiger partial charge in [0, 0.05) is 0 Å². The lowest BCUT2D eigenvalue weighted by molar-refractivity contribution is -0.0272. The predicted octanol–water partition coefficient (Wildman–Crippen LogP) is 3.61. The van der Waals surface area contributed by atoms with E-state index in [4.69, 9.17) is 0 Å². The third-order valence-corrected chi connectivity index (χ3v) is 5.49. The SMILES string of the molecule is CC[C@@H](C)[C@H]1CCC2C(O)CCC[C@@]21C. The number of rotatable bonds is 2. The van der Waals surface area contributed by atoms with Crippen LogP contribution in [0.2, 0.25) is 0 Å². The van der Waals surface area contributed by atoms with Crippen LogP contribution in [0.5, 0.6) is 0 Å². The fraction of sp³-hybridized carbons (Fsp3) is 1.00. The average molecular weight is 210 g/mol. The summed E-state index contributed by atoms with van der Waals surface area (Å²) in [5.74, 6) is 2.30. The van der Waals surface area contributed by atoms with E-state index in [1.807, 2.05) is 0 Å². The monoisotopic (exact) mass is 210 g/mol. The molecule has 0 aromatic rings. The van der Waals surface area contributed by atoms with Gasteiger partial charge in [0.05, 0.1) is 6.10 Å². The molecule has 2 aliphatic rings. The summed E-state index contributed by atoms with van der Waals surface area (Å²) in [6.45, 7) is 7.16. The van der Waals surface area contributed by atoms with Crippen molar-refractivity contribution in [1.82, 2.24) is 0 Å². The molecule has 2 unspecified atom stereocenters. The molecular weight excluding hydrogens is 184 g/mol. The van der Waals surface area contributed by atoms with Gasteiger partial charge in [0.15, 0.2) is 0 Å². The first-order chi connectivity index (χ1) is 7.09. The van der Waals surface area contributed by atoms with Crippen LogP contribution in [0.1, 0.15) is 59.3 Å². The molecule has 2 fully saturated rings. The van der Waals surface area contributed by atoms with Gasteiger partial charge in [-0.2, -0.15) is 0 Å². The maximum absolute atomic E-state index is 10.1. The number of fused-ring (bicyclic) bond motifs is 1. The van der Waals surface area contributed by atoms with Crippen LogP contribution in [0.4, 0.5) is 0 Å². The Morgan fingerprint density at radius 1 is 1.33 bits per heavy atom. The van der Waals surface area contributed by atoms with Crippen molar-refractivity contribution in [3.8, 4) is 0 Å². The molecule has 0 aliphatic heterocycles. The predicted molar refractivity (Wildman–Crippen MR) is 63.6 cm³/mol. The third kappa shape index (κ3) is 1.73. The molecule has 0 spiro atoms. The first kappa shape index (κ1) is 11.4. The lowest BCUT2D eigenvalue weighted by Gasteiger charge is -2.45. The zero-order valence-electron chi connectivity index (χ0n) is 10.5. The molecule has 0 amide bonds. The van der Waals surface area contributed by atoms with Crippen LogP contribution < -0.4 is 0 Å². The van der Waals surface area contributed by atoms with Crippen molar-refractivity contribution in [2.75, 3.05) is 0 Å². The second-order valence-corrected chi connectivity index (χ2v) is 6.14. The van der Waals surface area contributed by atoms with Crippen LogP contribution in [0.3, 0.4) is 0 Å². The Balaban J connectivity index is 2.17. The van der Waals surface area contributed by atoms with Crippen LogP contribution in [-0.2, 0) is 0 Å². The molecule has 1 nitrogen and oxygen atoms in total. The molecule has 0 aromatic heterocycles. The fourth-order valence-electron chi connectivity index (χ4n) is 4.41. The van der Waals surface area contributed by atoms with Gasteiger partial charge in [-0.15, -0.1) is 0 Å². The standard InChI is InChI=1S/C14H26O/c1-4-10(2)11-7-8-12-13(15)6-5-9-14(11,12)3/h10-13,15H,4-9H2,1-3H3/t10-,11-,12?,13?,14-/m1/s1. The minimum absolute atomic E-state index is 0.00203. The molecule has 0 saturated heterocycles. The van der Waals surface area contributed by atoms with Gasteiger partial charge in [0.1, 0.15) is 0 Å². The maximum atomic E-state index is 10.1. The van der Waals surface area contributed by atoms with E-state index in [-0.39, 0.29) is 6.10 Å². The Hall–Kier alpha value is -0.0400.